The van der Waals surface area contributed by atoms with Gasteiger partial charge in [-0.05, 0) is 69.1 Å². The SMILES string of the molecule is NC1CCCCC1NC(=O)C12CC3CC(CC(C3)C1)C2. The largest absolute Gasteiger partial charge is 0.351 e. The molecule has 3 N–H and O–H groups in total. The number of hydrogen-bond donors (Lipinski definition) is 2. The van der Waals surface area contributed by atoms with Crippen LogP contribution >= 0.6 is 0 Å². The molecule has 2 atom stereocenters. The topological polar surface area (TPSA) is 55.1 Å². The van der Waals surface area contributed by atoms with Gasteiger partial charge in [0.1, 0.15) is 0 Å². The minimum absolute atomic E-state index is 0.00802. The molecule has 1 amide bonds. The van der Waals surface area contributed by atoms with Crippen molar-refractivity contribution in [1.29, 1.82) is 0 Å². The Hall–Kier alpha value is -0.570. The van der Waals surface area contributed by atoms with E-state index in [0.29, 0.717) is 5.91 Å². The van der Waals surface area contributed by atoms with Crippen LogP contribution in [0.1, 0.15) is 64.2 Å². The summed E-state index contributed by atoms with van der Waals surface area (Å²) in [6.45, 7) is 0. The van der Waals surface area contributed by atoms with Crippen molar-refractivity contribution >= 4 is 5.91 Å². The van der Waals surface area contributed by atoms with Crippen molar-refractivity contribution in [2.75, 3.05) is 0 Å². The molecule has 4 bridgehead atoms. The summed E-state index contributed by atoms with van der Waals surface area (Å²) in [5.41, 5.74) is 6.20. The van der Waals surface area contributed by atoms with E-state index in [9.17, 15) is 4.79 Å². The molecule has 2 unspecified atom stereocenters. The molecule has 0 aromatic carbocycles. The zero-order valence-electron chi connectivity index (χ0n) is 12.4. The number of hydrogen-bond acceptors (Lipinski definition) is 2. The predicted molar refractivity (Wildman–Crippen MR) is 79.0 cm³/mol. The lowest BCUT2D eigenvalue weighted by atomic mass is 9.49. The monoisotopic (exact) mass is 276 g/mol. The summed E-state index contributed by atoms with van der Waals surface area (Å²) >= 11 is 0. The Balaban J connectivity index is 1.48. The minimum atomic E-state index is -0.00802. The zero-order chi connectivity index (χ0) is 13.7. The number of nitrogens with one attached hydrogen (secondary N) is 1. The number of amides is 1. The second kappa shape index (κ2) is 4.72. The van der Waals surface area contributed by atoms with Gasteiger partial charge in [-0.15, -0.1) is 0 Å². The lowest BCUT2D eigenvalue weighted by Crippen LogP contribution is -2.58. The van der Waals surface area contributed by atoms with Crippen LogP contribution in [0.25, 0.3) is 0 Å². The zero-order valence-corrected chi connectivity index (χ0v) is 12.4. The highest BCUT2D eigenvalue weighted by Gasteiger charge is 2.54. The fourth-order valence-corrected chi connectivity index (χ4v) is 6.05. The molecule has 5 rings (SSSR count). The number of nitrogens with two attached hydrogens (primary N) is 1. The fraction of sp³-hybridized carbons (Fsp3) is 0.941. The molecule has 0 radical (unpaired) electrons. The van der Waals surface area contributed by atoms with Gasteiger partial charge in [-0.2, -0.15) is 0 Å². The predicted octanol–water partition coefficient (Wildman–Crippen LogP) is 2.59. The van der Waals surface area contributed by atoms with Gasteiger partial charge in [0.15, 0.2) is 0 Å². The molecule has 20 heavy (non-hydrogen) atoms. The van der Waals surface area contributed by atoms with E-state index < -0.39 is 0 Å². The van der Waals surface area contributed by atoms with Crippen LogP contribution < -0.4 is 11.1 Å². The lowest BCUT2D eigenvalue weighted by Gasteiger charge is -2.56. The average Bonchev–Trinajstić information content (AvgIpc) is 2.40. The minimum Gasteiger partial charge on any atom is -0.351 e. The molecule has 5 aliphatic rings. The van der Waals surface area contributed by atoms with Crippen LogP contribution in [0.4, 0.5) is 0 Å². The van der Waals surface area contributed by atoms with Crippen molar-refractivity contribution < 1.29 is 4.79 Å². The van der Waals surface area contributed by atoms with E-state index in [1.165, 1.54) is 32.1 Å². The Morgan fingerprint density at radius 3 is 2.05 bits per heavy atom. The second-order valence-corrected chi connectivity index (χ2v) is 8.23. The van der Waals surface area contributed by atoms with Gasteiger partial charge in [-0.25, -0.2) is 0 Å². The first-order valence-electron chi connectivity index (χ1n) is 8.71. The molecule has 0 spiro atoms. The summed E-state index contributed by atoms with van der Waals surface area (Å²) in [7, 11) is 0. The van der Waals surface area contributed by atoms with Gasteiger partial charge in [-0.3, -0.25) is 4.79 Å². The van der Waals surface area contributed by atoms with Gasteiger partial charge in [-0.1, -0.05) is 12.8 Å². The smallest absolute Gasteiger partial charge is 0.226 e. The summed E-state index contributed by atoms with van der Waals surface area (Å²) in [6.07, 6.45) is 12.3. The van der Waals surface area contributed by atoms with Gasteiger partial charge < -0.3 is 11.1 Å². The first kappa shape index (κ1) is 13.1. The molecule has 0 heterocycles. The van der Waals surface area contributed by atoms with Gasteiger partial charge in [0.2, 0.25) is 5.91 Å². The molecule has 0 aromatic heterocycles. The Labute approximate surface area is 122 Å². The molecule has 0 saturated heterocycles. The number of carbonyl (C=O) groups is 1. The highest BCUT2D eigenvalue weighted by atomic mass is 16.2. The van der Waals surface area contributed by atoms with Crippen molar-refractivity contribution in [2.24, 2.45) is 28.9 Å². The van der Waals surface area contributed by atoms with Crippen LogP contribution in [0.2, 0.25) is 0 Å². The van der Waals surface area contributed by atoms with Gasteiger partial charge in [0, 0.05) is 17.5 Å². The average molecular weight is 276 g/mol. The maximum Gasteiger partial charge on any atom is 0.226 e. The normalized spacial score (nSPS) is 50.1. The molecule has 5 fully saturated rings. The van der Waals surface area contributed by atoms with Crippen LogP contribution in [0.5, 0.6) is 0 Å². The van der Waals surface area contributed by atoms with Crippen molar-refractivity contribution in [2.45, 2.75) is 76.3 Å². The Kier molecular flexibility index (Phi) is 3.10. The van der Waals surface area contributed by atoms with Crippen molar-refractivity contribution in [3.05, 3.63) is 0 Å². The van der Waals surface area contributed by atoms with E-state index in [4.69, 9.17) is 5.73 Å². The summed E-state index contributed by atoms with van der Waals surface area (Å²) in [5, 5.41) is 3.36. The Morgan fingerprint density at radius 1 is 0.950 bits per heavy atom. The highest BCUT2D eigenvalue weighted by molar-refractivity contribution is 5.83. The lowest BCUT2D eigenvalue weighted by molar-refractivity contribution is -0.147. The second-order valence-electron chi connectivity index (χ2n) is 8.23. The first-order valence-corrected chi connectivity index (χ1v) is 8.71. The summed E-state index contributed by atoms with van der Waals surface area (Å²) in [4.78, 5) is 12.9. The van der Waals surface area contributed by atoms with Crippen molar-refractivity contribution in [3.63, 3.8) is 0 Å². The highest BCUT2D eigenvalue weighted by Crippen LogP contribution is 2.60. The van der Waals surface area contributed by atoms with E-state index in [1.54, 1.807) is 0 Å². The summed E-state index contributed by atoms with van der Waals surface area (Å²) < 4.78 is 0. The molecule has 5 saturated carbocycles. The number of rotatable bonds is 2. The van der Waals surface area contributed by atoms with Crippen molar-refractivity contribution in [3.8, 4) is 0 Å². The molecular formula is C17H28N2O. The van der Waals surface area contributed by atoms with Crippen LogP contribution in [-0.4, -0.2) is 18.0 Å². The van der Waals surface area contributed by atoms with Gasteiger partial charge >= 0.3 is 0 Å². The van der Waals surface area contributed by atoms with E-state index in [2.05, 4.69) is 5.32 Å². The van der Waals surface area contributed by atoms with Crippen LogP contribution in [-0.2, 0) is 4.79 Å². The van der Waals surface area contributed by atoms with Crippen molar-refractivity contribution in [1.82, 2.24) is 5.32 Å². The third-order valence-corrected chi connectivity index (χ3v) is 6.66. The molecule has 5 aliphatic carbocycles. The fourth-order valence-electron chi connectivity index (χ4n) is 6.05. The van der Waals surface area contributed by atoms with Crippen LogP contribution in [0.3, 0.4) is 0 Å². The summed E-state index contributed by atoms with van der Waals surface area (Å²) in [6, 6.07) is 0.422. The van der Waals surface area contributed by atoms with Gasteiger partial charge in [0.25, 0.3) is 0 Å². The number of carbonyl (C=O) groups excluding carboxylic acids is 1. The third-order valence-electron chi connectivity index (χ3n) is 6.66. The maximum absolute atomic E-state index is 12.9. The Morgan fingerprint density at radius 2 is 1.50 bits per heavy atom. The molecule has 0 aliphatic heterocycles. The first-order chi connectivity index (χ1) is 9.64. The Bertz CT molecular complexity index is 371. The molecule has 112 valence electrons. The van der Waals surface area contributed by atoms with Crippen LogP contribution in [0.15, 0.2) is 0 Å². The van der Waals surface area contributed by atoms with Crippen LogP contribution in [0, 0.1) is 23.2 Å². The van der Waals surface area contributed by atoms with Gasteiger partial charge in [0.05, 0.1) is 0 Å². The van der Waals surface area contributed by atoms with E-state index in [-0.39, 0.29) is 17.5 Å². The molecule has 3 nitrogen and oxygen atoms in total. The molecule has 3 heteroatoms. The summed E-state index contributed by atoms with van der Waals surface area (Å²) in [5.74, 6) is 2.88. The molecular weight excluding hydrogens is 248 g/mol. The van der Waals surface area contributed by atoms with E-state index in [0.717, 1.165) is 49.9 Å². The van der Waals surface area contributed by atoms with E-state index >= 15 is 0 Å². The molecule has 0 aromatic rings. The quantitative estimate of drug-likeness (QED) is 0.814. The standard InChI is InChI=1S/C17H28N2O/c18-14-3-1-2-4-15(14)19-16(20)17-8-11-5-12(9-17)7-13(6-11)10-17/h11-15H,1-10,18H2,(H,19,20). The maximum atomic E-state index is 12.9. The van der Waals surface area contributed by atoms with E-state index in [1.807, 2.05) is 0 Å². The third kappa shape index (κ3) is 2.09.